The van der Waals surface area contributed by atoms with Crippen molar-refractivity contribution in [2.45, 2.75) is 18.7 Å². The number of nitro benzene ring substituents is 1. The van der Waals surface area contributed by atoms with Crippen molar-refractivity contribution >= 4 is 39.0 Å². The van der Waals surface area contributed by atoms with Crippen LogP contribution in [0.2, 0.25) is 0 Å². The van der Waals surface area contributed by atoms with Crippen LogP contribution in [-0.4, -0.2) is 36.6 Å². The molecule has 0 atom stereocenters. The number of amides is 1. The second kappa shape index (κ2) is 10.9. The summed E-state index contributed by atoms with van der Waals surface area (Å²) in [5.41, 5.74) is 1.79. The van der Waals surface area contributed by atoms with Crippen LogP contribution >= 0.6 is 0 Å². The first kappa shape index (κ1) is 24.8. The van der Waals surface area contributed by atoms with Crippen molar-refractivity contribution in [2.24, 2.45) is 0 Å². The molecule has 0 bridgehead atoms. The second-order valence-electron chi connectivity index (χ2n) is 7.34. The lowest BCUT2D eigenvalue weighted by Crippen LogP contribution is -2.30. The molecule has 0 heterocycles. The van der Waals surface area contributed by atoms with E-state index in [0.29, 0.717) is 35.5 Å². The maximum atomic E-state index is 13.2. The highest BCUT2D eigenvalue weighted by atomic mass is 32.2. The van der Waals surface area contributed by atoms with Gasteiger partial charge in [0.15, 0.2) is 0 Å². The molecule has 1 N–H and O–H groups in total. The van der Waals surface area contributed by atoms with Crippen molar-refractivity contribution < 1.29 is 18.1 Å². The van der Waals surface area contributed by atoms with Gasteiger partial charge in [0.1, 0.15) is 0 Å². The summed E-state index contributed by atoms with van der Waals surface area (Å²) in [6, 6.07) is 20.9. The lowest BCUT2D eigenvalue weighted by molar-refractivity contribution is -0.384. The highest BCUT2D eigenvalue weighted by Gasteiger charge is 2.21. The molecule has 34 heavy (non-hydrogen) atoms. The smallest absolute Gasteiger partial charge is 0.270 e. The Kier molecular flexibility index (Phi) is 7.93. The zero-order valence-corrected chi connectivity index (χ0v) is 19.7. The Morgan fingerprint density at radius 3 is 2.21 bits per heavy atom. The summed E-state index contributed by atoms with van der Waals surface area (Å²) in [5, 5.41) is 13.9. The molecule has 0 unspecified atom stereocenters. The summed E-state index contributed by atoms with van der Waals surface area (Å²) >= 11 is 0. The number of sulfonamides is 1. The standard InChI is InChI=1S/C25H25N3O5S/c1-3-27(4-2)34(32,33)23-15-13-21(14-16-23)26-25(29)24(20-10-6-5-7-11-20)18-19-9-8-12-22(17-19)28(30)31/h5-18H,3-4H2,1-2H3,(H,26,29)/b24-18+. The Hall–Kier alpha value is -3.82. The van der Waals surface area contributed by atoms with Gasteiger partial charge in [0.05, 0.1) is 9.82 Å². The number of rotatable bonds is 9. The van der Waals surface area contributed by atoms with Crippen LogP contribution < -0.4 is 5.32 Å². The fourth-order valence-electron chi connectivity index (χ4n) is 3.41. The molecule has 0 fully saturated rings. The first-order valence-electron chi connectivity index (χ1n) is 10.7. The largest absolute Gasteiger partial charge is 0.322 e. The van der Waals surface area contributed by atoms with E-state index in [-0.39, 0.29) is 10.6 Å². The molecule has 0 saturated heterocycles. The number of benzene rings is 3. The monoisotopic (exact) mass is 479 g/mol. The third-order valence-corrected chi connectivity index (χ3v) is 7.24. The van der Waals surface area contributed by atoms with Crippen LogP contribution in [0, 0.1) is 10.1 Å². The number of carbonyl (C=O) groups is 1. The van der Waals surface area contributed by atoms with E-state index in [2.05, 4.69) is 5.32 Å². The molecule has 3 aromatic rings. The van der Waals surface area contributed by atoms with Gasteiger partial charge in [-0.3, -0.25) is 14.9 Å². The molecule has 9 heteroatoms. The first-order chi connectivity index (χ1) is 16.3. The van der Waals surface area contributed by atoms with Crippen LogP contribution in [0.3, 0.4) is 0 Å². The molecule has 3 rings (SSSR count). The van der Waals surface area contributed by atoms with Crippen LogP contribution in [0.15, 0.2) is 83.8 Å². The lowest BCUT2D eigenvalue weighted by Gasteiger charge is -2.18. The molecular formula is C25H25N3O5S. The molecule has 0 aliphatic heterocycles. The van der Waals surface area contributed by atoms with E-state index in [4.69, 9.17) is 0 Å². The van der Waals surface area contributed by atoms with Gasteiger partial charge in [-0.15, -0.1) is 0 Å². The average molecular weight is 480 g/mol. The molecule has 0 spiro atoms. The molecular weight excluding hydrogens is 454 g/mol. The van der Waals surface area contributed by atoms with Gasteiger partial charge in [0.25, 0.3) is 11.6 Å². The minimum atomic E-state index is -3.60. The van der Waals surface area contributed by atoms with E-state index in [1.165, 1.54) is 40.7 Å². The molecule has 0 aromatic heterocycles. The molecule has 0 saturated carbocycles. The maximum absolute atomic E-state index is 13.2. The van der Waals surface area contributed by atoms with Crippen molar-refractivity contribution in [3.05, 3.63) is 100 Å². The number of nitrogens with zero attached hydrogens (tertiary/aromatic N) is 2. The minimum Gasteiger partial charge on any atom is -0.322 e. The van der Waals surface area contributed by atoms with Crippen molar-refractivity contribution in [3.8, 4) is 0 Å². The topological polar surface area (TPSA) is 110 Å². The molecule has 0 aliphatic carbocycles. The van der Waals surface area contributed by atoms with Gasteiger partial charge in [0, 0.05) is 36.5 Å². The Bertz CT molecular complexity index is 1300. The Morgan fingerprint density at radius 1 is 0.971 bits per heavy atom. The predicted octanol–water partition coefficient (Wildman–Crippen LogP) is 4.80. The van der Waals surface area contributed by atoms with Gasteiger partial charge in [0.2, 0.25) is 10.0 Å². The highest BCUT2D eigenvalue weighted by Crippen LogP contribution is 2.24. The van der Waals surface area contributed by atoms with Crippen LogP contribution in [0.5, 0.6) is 0 Å². The van der Waals surface area contributed by atoms with Crippen molar-refractivity contribution in [1.82, 2.24) is 4.31 Å². The van der Waals surface area contributed by atoms with Gasteiger partial charge in [-0.1, -0.05) is 56.3 Å². The number of nitrogens with one attached hydrogen (secondary N) is 1. The summed E-state index contributed by atoms with van der Waals surface area (Å²) in [5.74, 6) is -0.433. The number of anilines is 1. The number of hydrogen-bond acceptors (Lipinski definition) is 5. The normalized spacial score (nSPS) is 11.9. The third kappa shape index (κ3) is 5.75. The van der Waals surface area contributed by atoms with Crippen LogP contribution in [0.25, 0.3) is 11.6 Å². The van der Waals surface area contributed by atoms with Gasteiger partial charge < -0.3 is 5.32 Å². The minimum absolute atomic E-state index is 0.0772. The first-order valence-corrected chi connectivity index (χ1v) is 12.1. The Balaban J connectivity index is 1.91. The van der Waals surface area contributed by atoms with E-state index in [1.807, 2.05) is 6.07 Å². The number of hydrogen-bond donors (Lipinski definition) is 1. The number of non-ortho nitro benzene ring substituents is 1. The van der Waals surface area contributed by atoms with Crippen molar-refractivity contribution in [2.75, 3.05) is 18.4 Å². The zero-order valence-electron chi connectivity index (χ0n) is 18.8. The van der Waals surface area contributed by atoms with Gasteiger partial charge in [-0.2, -0.15) is 4.31 Å². The van der Waals surface area contributed by atoms with Crippen molar-refractivity contribution in [3.63, 3.8) is 0 Å². The third-order valence-electron chi connectivity index (χ3n) is 5.18. The Labute approximate surface area is 198 Å². The highest BCUT2D eigenvalue weighted by molar-refractivity contribution is 7.89. The van der Waals surface area contributed by atoms with Gasteiger partial charge >= 0.3 is 0 Å². The number of nitro groups is 1. The Morgan fingerprint density at radius 2 is 1.62 bits per heavy atom. The molecule has 0 aliphatic rings. The molecule has 8 nitrogen and oxygen atoms in total. The fourth-order valence-corrected chi connectivity index (χ4v) is 4.87. The summed E-state index contributed by atoms with van der Waals surface area (Å²) in [4.78, 5) is 24.0. The molecule has 1 amide bonds. The molecule has 0 radical (unpaired) electrons. The van der Waals surface area contributed by atoms with Crippen molar-refractivity contribution in [1.29, 1.82) is 0 Å². The molecule has 176 valence electrons. The summed E-state index contributed by atoms with van der Waals surface area (Å²) in [6.45, 7) is 4.27. The number of carbonyl (C=O) groups excluding carboxylic acids is 1. The SMILES string of the molecule is CCN(CC)S(=O)(=O)c1ccc(NC(=O)/C(=C/c2cccc([N+](=O)[O-])c2)c2ccccc2)cc1. The fraction of sp³-hybridized carbons (Fsp3) is 0.160. The zero-order chi connectivity index (χ0) is 24.7. The van der Waals surface area contributed by atoms with E-state index in [9.17, 15) is 23.3 Å². The summed E-state index contributed by atoms with van der Waals surface area (Å²) in [7, 11) is -3.60. The van der Waals surface area contributed by atoms with E-state index >= 15 is 0 Å². The predicted molar refractivity (Wildman–Crippen MR) is 133 cm³/mol. The van der Waals surface area contributed by atoms with Gasteiger partial charge in [-0.05, 0) is 41.5 Å². The van der Waals surface area contributed by atoms with E-state index in [1.54, 1.807) is 56.3 Å². The van der Waals surface area contributed by atoms with Crippen LogP contribution in [-0.2, 0) is 14.8 Å². The maximum Gasteiger partial charge on any atom is 0.270 e. The van der Waals surface area contributed by atoms with Crippen LogP contribution in [0.4, 0.5) is 11.4 Å². The average Bonchev–Trinajstić information content (AvgIpc) is 2.84. The van der Waals surface area contributed by atoms with Crippen LogP contribution in [0.1, 0.15) is 25.0 Å². The quantitative estimate of drug-likeness (QED) is 0.205. The van der Waals surface area contributed by atoms with Gasteiger partial charge in [-0.25, -0.2) is 8.42 Å². The summed E-state index contributed by atoms with van der Waals surface area (Å²) in [6.07, 6.45) is 1.58. The lowest BCUT2D eigenvalue weighted by atomic mass is 10.0. The molecule has 3 aromatic carbocycles. The second-order valence-corrected chi connectivity index (χ2v) is 9.28. The van der Waals surface area contributed by atoms with E-state index in [0.717, 1.165) is 0 Å². The summed E-state index contributed by atoms with van der Waals surface area (Å²) < 4.78 is 26.7. The van der Waals surface area contributed by atoms with E-state index < -0.39 is 20.9 Å².